The van der Waals surface area contributed by atoms with Crippen molar-refractivity contribution in [3.63, 3.8) is 0 Å². The van der Waals surface area contributed by atoms with Crippen molar-refractivity contribution in [2.24, 2.45) is 5.92 Å². The van der Waals surface area contributed by atoms with Crippen LogP contribution >= 0.6 is 0 Å². The Morgan fingerprint density at radius 3 is 2.33 bits per heavy atom. The number of hydrogen-bond acceptors (Lipinski definition) is 4. The van der Waals surface area contributed by atoms with Crippen molar-refractivity contribution in [2.45, 2.75) is 6.42 Å². The van der Waals surface area contributed by atoms with Crippen LogP contribution in [0.1, 0.15) is 6.42 Å². The lowest BCUT2D eigenvalue weighted by Gasteiger charge is -2.38. The standard InChI is InChI=1S/C14H15N3O4/c18-12-5-6-17(14(21)15-12)11-3-1-10(2-4-11)16-7-9(8-16)13(19)20/h1-4,9H,5-8H2,(H,19,20)(H,15,18,21). The number of amides is 3. The highest BCUT2D eigenvalue weighted by atomic mass is 16.4. The van der Waals surface area contributed by atoms with Crippen LogP contribution < -0.4 is 15.1 Å². The fourth-order valence-corrected chi connectivity index (χ4v) is 2.50. The first-order chi connectivity index (χ1) is 10.0. The molecule has 0 spiro atoms. The van der Waals surface area contributed by atoms with E-state index in [2.05, 4.69) is 5.32 Å². The fraction of sp³-hybridized carbons (Fsp3) is 0.357. The molecular formula is C14H15N3O4. The molecule has 0 aliphatic carbocycles. The smallest absolute Gasteiger partial charge is 0.328 e. The van der Waals surface area contributed by atoms with E-state index in [1.807, 2.05) is 17.0 Å². The van der Waals surface area contributed by atoms with Crippen molar-refractivity contribution in [1.29, 1.82) is 0 Å². The largest absolute Gasteiger partial charge is 0.481 e. The molecular weight excluding hydrogens is 274 g/mol. The molecule has 3 amide bonds. The maximum Gasteiger partial charge on any atom is 0.328 e. The summed E-state index contributed by atoms with van der Waals surface area (Å²) in [7, 11) is 0. The molecule has 2 aliphatic rings. The number of nitrogens with one attached hydrogen (secondary N) is 1. The molecule has 0 atom stereocenters. The fourth-order valence-electron chi connectivity index (χ4n) is 2.50. The number of imide groups is 1. The highest BCUT2D eigenvalue weighted by Crippen LogP contribution is 2.27. The summed E-state index contributed by atoms with van der Waals surface area (Å²) < 4.78 is 0. The predicted molar refractivity (Wildman–Crippen MR) is 75.3 cm³/mol. The van der Waals surface area contributed by atoms with Gasteiger partial charge in [0.1, 0.15) is 0 Å². The third kappa shape index (κ3) is 2.54. The number of urea groups is 1. The van der Waals surface area contributed by atoms with E-state index in [0.717, 1.165) is 11.4 Å². The lowest BCUT2D eigenvalue weighted by Crippen LogP contribution is -2.50. The first kappa shape index (κ1) is 13.4. The van der Waals surface area contributed by atoms with Gasteiger partial charge in [-0.25, -0.2) is 4.79 Å². The average Bonchev–Trinajstić information content (AvgIpc) is 2.38. The summed E-state index contributed by atoms with van der Waals surface area (Å²) >= 11 is 0. The normalized spacial score (nSPS) is 19.2. The number of anilines is 2. The third-order valence-corrected chi connectivity index (χ3v) is 3.81. The Balaban J connectivity index is 1.66. The lowest BCUT2D eigenvalue weighted by atomic mass is 9.99. The van der Waals surface area contributed by atoms with Crippen LogP contribution in [0.25, 0.3) is 0 Å². The molecule has 2 fully saturated rings. The van der Waals surface area contributed by atoms with E-state index < -0.39 is 12.0 Å². The molecule has 0 bridgehead atoms. The first-order valence-electron chi connectivity index (χ1n) is 6.74. The van der Waals surface area contributed by atoms with Crippen LogP contribution in [-0.2, 0) is 9.59 Å². The minimum absolute atomic E-state index is 0.256. The van der Waals surface area contributed by atoms with Crippen molar-refractivity contribution >= 4 is 29.3 Å². The molecule has 2 heterocycles. The second-order valence-corrected chi connectivity index (χ2v) is 5.21. The molecule has 0 saturated carbocycles. The Morgan fingerprint density at radius 2 is 1.76 bits per heavy atom. The maximum absolute atomic E-state index is 11.7. The van der Waals surface area contributed by atoms with Crippen molar-refractivity contribution in [3.8, 4) is 0 Å². The van der Waals surface area contributed by atoms with Gasteiger partial charge in [0.2, 0.25) is 5.91 Å². The number of rotatable bonds is 3. The molecule has 1 aromatic carbocycles. The second kappa shape index (κ2) is 5.08. The number of carboxylic acids is 1. The Kier molecular flexibility index (Phi) is 3.25. The van der Waals surface area contributed by atoms with Gasteiger partial charge in [0.05, 0.1) is 5.92 Å². The zero-order chi connectivity index (χ0) is 15.0. The minimum atomic E-state index is -0.766. The van der Waals surface area contributed by atoms with Crippen LogP contribution in [0.5, 0.6) is 0 Å². The van der Waals surface area contributed by atoms with Gasteiger partial charge in [0.15, 0.2) is 0 Å². The zero-order valence-corrected chi connectivity index (χ0v) is 11.3. The monoisotopic (exact) mass is 289 g/mol. The van der Waals surface area contributed by atoms with Gasteiger partial charge in [-0.2, -0.15) is 0 Å². The third-order valence-electron chi connectivity index (χ3n) is 3.81. The molecule has 7 nitrogen and oxygen atoms in total. The van der Waals surface area contributed by atoms with Gasteiger partial charge in [-0.15, -0.1) is 0 Å². The summed E-state index contributed by atoms with van der Waals surface area (Å²) in [5.41, 5.74) is 1.66. The summed E-state index contributed by atoms with van der Waals surface area (Å²) in [5, 5.41) is 11.1. The van der Waals surface area contributed by atoms with Crippen LogP contribution in [0.3, 0.4) is 0 Å². The Bertz CT molecular complexity index is 593. The summed E-state index contributed by atoms with van der Waals surface area (Å²) in [5.74, 6) is -1.32. The zero-order valence-electron chi connectivity index (χ0n) is 11.3. The molecule has 3 rings (SSSR count). The lowest BCUT2D eigenvalue weighted by molar-refractivity contribution is -0.142. The van der Waals surface area contributed by atoms with Gasteiger partial charge in [0, 0.05) is 37.4 Å². The second-order valence-electron chi connectivity index (χ2n) is 5.21. The number of carbonyl (C=O) groups is 3. The first-order valence-corrected chi connectivity index (χ1v) is 6.74. The molecule has 110 valence electrons. The van der Waals surface area contributed by atoms with E-state index in [0.29, 0.717) is 26.1 Å². The van der Waals surface area contributed by atoms with Crippen molar-refractivity contribution < 1.29 is 19.5 Å². The van der Waals surface area contributed by atoms with Gasteiger partial charge < -0.3 is 10.0 Å². The quantitative estimate of drug-likeness (QED) is 0.853. The van der Waals surface area contributed by atoms with Crippen LogP contribution in [0.2, 0.25) is 0 Å². The van der Waals surface area contributed by atoms with E-state index in [1.54, 1.807) is 12.1 Å². The van der Waals surface area contributed by atoms with Gasteiger partial charge in [-0.1, -0.05) is 0 Å². The van der Waals surface area contributed by atoms with E-state index >= 15 is 0 Å². The summed E-state index contributed by atoms with van der Waals surface area (Å²) in [6, 6.07) is 6.92. The number of benzene rings is 1. The SMILES string of the molecule is O=C1CCN(c2ccc(N3CC(C(=O)O)C3)cc2)C(=O)N1. The van der Waals surface area contributed by atoms with Gasteiger partial charge in [-0.3, -0.25) is 19.8 Å². The summed E-state index contributed by atoms with van der Waals surface area (Å²) in [4.78, 5) is 37.1. The number of carbonyl (C=O) groups excluding carboxylic acids is 2. The van der Waals surface area contributed by atoms with Gasteiger partial charge in [0.25, 0.3) is 0 Å². The molecule has 0 unspecified atom stereocenters. The van der Waals surface area contributed by atoms with Gasteiger partial charge in [-0.05, 0) is 24.3 Å². The predicted octanol–water partition coefficient (Wildman–Crippen LogP) is 0.654. The molecule has 1 aromatic rings. The van der Waals surface area contributed by atoms with Crippen LogP contribution in [-0.4, -0.2) is 42.6 Å². The minimum Gasteiger partial charge on any atom is -0.481 e. The maximum atomic E-state index is 11.7. The number of hydrogen-bond donors (Lipinski definition) is 2. The number of aliphatic carboxylic acids is 1. The molecule has 2 aliphatic heterocycles. The summed E-state index contributed by atoms with van der Waals surface area (Å²) in [6.07, 6.45) is 0.292. The molecule has 7 heteroatoms. The van der Waals surface area contributed by atoms with Crippen molar-refractivity contribution in [2.75, 3.05) is 29.4 Å². The van der Waals surface area contributed by atoms with Crippen LogP contribution in [0.15, 0.2) is 24.3 Å². The molecule has 2 saturated heterocycles. The number of nitrogens with zero attached hydrogens (tertiary/aromatic N) is 2. The highest BCUT2D eigenvalue weighted by Gasteiger charge is 2.32. The summed E-state index contributed by atoms with van der Waals surface area (Å²) in [6.45, 7) is 1.38. The molecule has 0 aromatic heterocycles. The number of carboxylic acid groups (broad SMARTS) is 1. The van der Waals surface area contributed by atoms with Gasteiger partial charge >= 0.3 is 12.0 Å². The van der Waals surface area contributed by atoms with E-state index in [9.17, 15) is 14.4 Å². The van der Waals surface area contributed by atoms with Crippen LogP contribution in [0, 0.1) is 5.92 Å². The van der Waals surface area contributed by atoms with E-state index in [4.69, 9.17) is 5.11 Å². The van der Waals surface area contributed by atoms with Crippen molar-refractivity contribution in [3.05, 3.63) is 24.3 Å². The van der Waals surface area contributed by atoms with Crippen molar-refractivity contribution in [1.82, 2.24) is 5.32 Å². The average molecular weight is 289 g/mol. The Hall–Kier alpha value is -2.57. The molecule has 0 radical (unpaired) electrons. The Morgan fingerprint density at radius 1 is 1.14 bits per heavy atom. The highest BCUT2D eigenvalue weighted by molar-refractivity contribution is 6.05. The topological polar surface area (TPSA) is 90.0 Å². The van der Waals surface area contributed by atoms with E-state index in [-0.39, 0.29) is 11.8 Å². The molecule has 21 heavy (non-hydrogen) atoms. The molecule has 2 N–H and O–H groups in total. The van der Waals surface area contributed by atoms with E-state index in [1.165, 1.54) is 4.90 Å². The Labute approximate surface area is 121 Å². The van der Waals surface area contributed by atoms with Crippen LogP contribution in [0.4, 0.5) is 16.2 Å².